The van der Waals surface area contributed by atoms with Gasteiger partial charge in [-0.05, 0) is 55.9 Å². The number of aliphatic imine (C=N–C) groups is 1. The molecule has 44 heavy (non-hydrogen) atoms. The lowest BCUT2D eigenvalue weighted by Gasteiger charge is -2.32. The van der Waals surface area contributed by atoms with Crippen molar-refractivity contribution in [2.45, 2.75) is 19.4 Å². The van der Waals surface area contributed by atoms with Crippen molar-refractivity contribution < 1.29 is 9.18 Å². The van der Waals surface area contributed by atoms with E-state index in [4.69, 9.17) is 21.6 Å². The Morgan fingerprint density at radius 1 is 0.977 bits per heavy atom. The lowest BCUT2D eigenvalue weighted by Crippen LogP contribution is -2.45. The zero-order valence-corrected chi connectivity index (χ0v) is 25.4. The summed E-state index contributed by atoms with van der Waals surface area (Å²) in [6.45, 7) is 6.26. The van der Waals surface area contributed by atoms with Gasteiger partial charge in [0.15, 0.2) is 0 Å². The van der Waals surface area contributed by atoms with Gasteiger partial charge in [0.05, 0.1) is 24.4 Å². The fraction of sp³-hybridized carbons (Fsp3) is 0.294. The predicted molar refractivity (Wildman–Crippen MR) is 173 cm³/mol. The second-order valence-electron chi connectivity index (χ2n) is 11.2. The van der Waals surface area contributed by atoms with Crippen molar-refractivity contribution in [1.29, 1.82) is 0 Å². The molecular weight excluding hydrogens is 577 g/mol. The van der Waals surface area contributed by atoms with Crippen molar-refractivity contribution in [1.82, 2.24) is 25.1 Å². The second-order valence-corrected chi connectivity index (χ2v) is 11.6. The number of carbonyl (C=O) groups is 1. The van der Waals surface area contributed by atoms with Crippen LogP contribution in [0.4, 0.5) is 16.0 Å². The van der Waals surface area contributed by atoms with E-state index in [1.807, 2.05) is 30.3 Å². The first kappa shape index (κ1) is 29.9. The number of hydrogen-bond donors (Lipinski definition) is 2. The second kappa shape index (κ2) is 13.6. The molecule has 2 N–H and O–H groups in total. The Bertz CT molecular complexity index is 1690. The molecule has 3 aromatic carbocycles. The molecule has 4 aromatic rings. The van der Waals surface area contributed by atoms with E-state index < -0.39 is 0 Å². The van der Waals surface area contributed by atoms with Crippen LogP contribution in [0.25, 0.3) is 11.3 Å². The van der Waals surface area contributed by atoms with Gasteiger partial charge in [0.1, 0.15) is 5.82 Å². The number of nitrogens with one attached hydrogen (secondary N) is 2. The number of halogens is 2. The predicted octanol–water partition coefficient (Wildman–Crippen LogP) is 5.33. The summed E-state index contributed by atoms with van der Waals surface area (Å²) in [4.78, 5) is 31.8. The highest BCUT2D eigenvalue weighted by molar-refractivity contribution is 6.31. The van der Waals surface area contributed by atoms with Crippen LogP contribution in [0.3, 0.4) is 0 Å². The van der Waals surface area contributed by atoms with Gasteiger partial charge >= 0.3 is 0 Å². The standard InChI is InChI=1S/C34H35ClFN7O/c1-42-15-17-43(18-16-42)14-6-13-37-31(44)19-23-7-2-5-10-30(23)40-34-39-22-24-21-38-33(27-8-3-4-9-29(27)36)28-20-25(35)11-12-26(28)32(24)41-34/h2-5,7-12,20,22H,6,13-19,21H2,1H3,(H,37,44)(H,39,40,41). The maximum Gasteiger partial charge on any atom is 0.227 e. The summed E-state index contributed by atoms with van der Waals surface area (Å²) < 4.78 is 14.9. The van der Waals surface area contributed by atoms with Crippen LogP contribution in [0, 0.1) is 5.82 Å². The van der Waals surface area contributed by atoms with Gasteiger partial charge in [-0.3, -0.25) is 9.79 Å². The Labute approximate surface area is 262 Å². The van der Waals surface area contributed by atoms with Crippen LogP contribution in [-0.4, -0.2) is 77.7 Å². The number of nitrogens with zero attached hydrogens (tertiary/aromatic N) is 5. The molecule has 0 radical (unpaired) electrons. The normalized spacial score (nSPS) is 15.1. The van der Waals surface area contributed by atoms with E-state index in [-0.39, 0.29) is 24.7 Å². The molecule has 8 nitrogen and oxygen atoms in total. The van der Waals surface area contributed by atoms with Gasteiger partial charge in [0.25, 0.3) is 0 Å². The topological polar surface area (TPSA) is 85.8 Å². The SMILES string of the molecule is CN1CCN(CCCNC(=O)Cc2ccccc2Nc2ncc3c(n2)-c2ccc(Cl)cc2C(c2ccccc2F)=NC3)CC1. The number of hydrogen-bond acceptors (Lipinski definition) is 7. The van der Waals surface area contributed by atoms with Gasteiger partial charge in [-0.25, -0.2) is 14.4 Å². The molecule has 0 unspecified atom stereocenters. The van der Waals surface area contributed by atoms with Gasteiger partial charge in [0.2, 0.25) is 11.9 Å². The number of amides is 1. The number of rotatable bonds is 9. The Morgan fingerprint density at radius 3 is 2.61 bits per heavy atom. The van der Waals surface area contributed by atoms with E-state index in [2.05, 4.69) is 32.5 Å². The Hall–Kier alpha value is -4.18. The molecule has 0 spiro atoms. The van der Waals surface area contributed by atoms with Crippen molar-refractivity contribution in [3.05, 3.63) is 106 Å². The smallest absolute Gasteiger partial charge is 0.227 e. The van der Waals surface area contributed by atoms with Gasteiger partial charge in [0, 0.05) is 71.9 Å². The van der Waals surface area contributed by atoms with E-state index in [1.54, 1.807) is 36.5 Å². The van der Waals surface area contributed by atoms with Gasteiger partial charge in [-0.15, -0.1) is 0 Å². The Kier molecular flexibility index (Phi) is 9.26. The van der Waals surface area contributed by atoms with Crippen LogP contribution in [0.1, 0.15) is 28.7 Å². The minimum atomic E-state index is -0.354. The van der Waals surface area contributed by atoms with Crippen LogP contribution in [0.2, 0.25) is 5.02 Å². The number of para-hydroxylation sites is 1. The highest BCUT2D eigenvalue weighted by atomic mass is 35.5. The first-order valence-electron chi connectivity index (χ1n) is 14.9. The molecule has 0 atom stereocenters. The van der Waals surface area contributed by atoms with E-state index in [0.717, 1.165) is 61.5 Å². The van der Waals surface area contributed by atoms with Crippen molar-refractivity contribution >= 4 is 34.9 Å². The van der Waals surface area contributed by atoms with Crippen molar-refractivity contribution in [2.24, 2.45) is 4.99 Å². The Morgan fingerprint density at radius 2 is 1.77 bits per heavy atom. The van der Waals surface area contributed by atoms with Crippen molar-refractivity contribution in [2.75, 3.05) is 51.6 Å². The average molecular weight is 612 g/mol. The van der Waals surface area contributed by atoms with E-state index in [0.29, 0.717) is 40.0 Å². The third-order valence-electron chi connectivity index (χ3n) is 8.08. The monoisotopic (exact) mass is 611 g/mol. The number of piperazine rings is 1. The summed E-state index contributed by atoms with van der Waals surface area (Å²) in [6.07, 6.45) is 2.91. The number of fused-ring (bicyclic) bond motifs is 3. The van der Waals surface area contributed by atoms with Crippen molar-refractivity contribution in [3.8, 4) is 11.3 Å². The molecule has 2 aliphatic rings. The molecule has 6 rings (SSSR count). The average Bonchev–Trinajstić information content (AvgIpc) is 3.18. The highest BCUT2D eigenvalue weighted by Crippen LogP contribution is 2.34. The lowest BCUT2D eigenvalue weighted by atomic mass is 9.95. The zero-order chi connectivity index (χ0) is 30.5. The molecule has 0 aliphatic carbocycles. The van der Waals surface area contributed by atoms with E-state index in [9.17, 15) is 9.18 Å². The van der Waals surface area contributed by atoms with Gasteiger partial charge in [-0.2, -0.15) is 0 Å². The molecule has 1 aromatic heterocycles. The molecule has 1 fully saturated rings. The molecule has 1 saturated heterocycles. The summed E-state index contributed by atoms with van der Waals surface area (Å²) >= 11 is 6.40. The third-order valence-corrected chi connectivity index (χ3v) is 8.31. The number of benzene rings is 3. The van der Waals surface area contributed by atoms with Crippen LogP contribution in [-0.2, 0) is 17.8 Å². The summed E-state index contributed by atoms with van der Waals surface area (Å²) in [7, 11) is 2.15. The maximum atomic E-state index is 14.9. The van der Waals surface area contributed by atoms with Gasteiger partial charge < -0.3 is 20.4 Å². The summed E-state index contributed by atoms with van der Waals surface area (Å²) in [5.74, 6) is 0.00961. The van der Waals surface area contributed by atoms with Gasteiger partial charge in [-0.1, -0.05) is 48.0 Å². The quantitative estimate of drug-likeness (QED) is 0.249. The summed E-state index contributed by atoms with van der Waals surface area (Å²) in [5.41, 5.74) is 5.53. The summed E-state index contributed by atoms with van der Waals surface area (Å²) in [6, 6.07) is 19.7. The Balaban J connectivity index is 1.17. The molecule has 0 saturated carbocycles. The maximum absolute atomic E-state index is 14.9. The molecule has 3 heterocycles. The molecule has 0 bridgehead atoms. The fourth-order valence-electron chi connectivity index (χ4n) is 5.62. The number of likely N-dealkylation sites (N-methyl/N-ethyl adjacent to an activating group) is 1. The number of carbonyl (C=O) groups excluding carboxylic acids is 1. The van der Waals surface area contributed by atoms with Crippen molar-refractivity contribution in [3.63, 3.8) is 0 Å². The molecule has 226 valence electrons. The minimum absolute atomic E-state index is 0.0240. The van der Waals surface area contributed by atoms with E-state index >= 15 is 0 Å². The van der Waals surface area contributed by atoms with Crippen LogP contribution in [0.15, 0.2) is 77.9 Å². The molecular formula is C34H35ClFN7O. The zero-order valence-electron chi connectivity index (χ0n) is 24.7. The first-order valence-corrected chi connectivity index (χ1v) is 15.3. The number of aromatic nitrogens is 2. The van der Waals surface area contributed by atoms with Crippen LogP contribution >= 0.6 is 11.6 Å². The minimum Gasteiger partial charge on any atom is -0.356 e. The van der Waals surface area contributed by atoms with Crippen LogP contribution in [0.5, 0.6) is 0 Å². The molecule has 2 aliphatic heterocycles. The van der Waals surface area contributed by atoms with E-state index in [1.165, 1.54) is 6.07 Å². The largest absolute Gasteiger partial charge is 0.356 e. The summed E-state index contributed by atoms with van der Waals surface area (Å²) in [5, 5.41) is 6.91. The molecule has 1 amide bonds. The van der Waals surface area contributed by atoms with Crippen LogP contribution < -0.4 is 10.6 Å². The fourth-order valence-corrected chi connectivity index (χ4v) is 5.79. The first-order chi connectivity index (χ1) is 21.4. The third kappa shape index (κ3) is 6.96. The lowest BCUT2D eigenvalue weighted by molar-refractivity contribution is -0.120. The molecule has 10 heteroatoms. The number of anilines is 2. The highest BCUT2D eigenvalue weighted by Gasteiger charge is 2.23.